The molecule has 158 valence electrons. The Morgan fingerprint density at radius 1 is 1.10 bits per heavy atom. The van der Waals surface area contributed by atoms with Crippen molar-refractivity contribution in [3.63, 3.8) is 0 Å². The van der Waals surface area contributed by atoms with Crippen LogP contribution in [-0.2, 0) is 17.8 Å². The fourth-order valence-electron chi connectivity index (χ4n) is 3.63. The number of aromatic amines is 1. The van der Waals surface area contributed by atoms with Crippen LogP contribution in [0.3, 0.4) is 0 Å². The second-order valence-corrected chi connectivity index (χ2v) is 7.61. The minimum atomic E-state index is -0.386. The first-order valence-corrected chi connectivity index (χ1v) is 10.2. The van der Waals surface area contributed by atoms with Gasteiger partial charge in [-0.05, 0) is 61.2 Å². The highest BCUT2D eigenvalue weighted by Gasteiger charge is 2.13. The third-order valence-corrected chi connectivity index (χ3v) is 5.38. The summed E-state index contributed by atoms with van der Waals surface area (Å²) in [5.74, 6) is -0.117. The number of nitrogens with one attached hydrogen (secondary N) is 2. The Morgan fingerprint density at radius 2 is 1.77 bits per heavy atom. The molecule has 0 saturated heterocycles. The van der Waals surface area contributed by atoms with Gasteiger partial charge in [0.2, 0.25) is 5.91 Å². The number of pyridine rings is 1. The van der Waals surface area contributed by atoms with Gasteiger partial charge in [0, 0.05) is 37.1 Å². The lowest BCUT2D eigenvalue weighted by molar-refractivity contribution is -0.116. The van der Waals surface area contributed by atoms with E-state index in [9.17, 15) is 14.9 Å². The van der Waals surface area contributed by atoms with Crippen LogP contribution < -0.4 is 15.8 Å². The van der Waals surface area contributed by atoms with Crippen molar-refractivity contribution in [2.24, 2.45) is 0 Å². The fraction of sp³-hybridized carbons (Fsp3) is 0.240. The highest BCUT2D eigenvalue weighted by Crippen LogP contribution is 2.20. The standard InChI is InChI=1S/C25H26N4O2/c1-17-22(18(2)27-25(31)23(17)15-26)13-14-24(30)28-20-9-11-21(12-10-20)29(3)16-19-7-5-4-6-8-19/h4-12H,13-14,16H2,1-3H3,(H,27,31)(H,28,30). The van der Waals surface area contributed by atoms with Crippen LogP contribution in [0.25, 0.3) is 0 Å². The number of amides is 1. The Hall–Kier alpha value is -3.85. The van der Waals surface area contributed by atoms with Crippen LogP contribution in [0.5, 0.6) is 0 Å². The van der Waals surface area contributed by atoms with E-state index < -0.39 is 0 Å². The van der Waals surface area contributed by atoms with Gasteiger partial charge in [-0.3, -0.25) is 9.59 Å². The number of aromatic nitrogens is 1. The van der Waals surface area contributed by atoms with Crippen molar-refractivity contribution in [1.29, 1.82) is 5.26 Å². The Bertz CT molecular complexity index is 1160. The molecule has 31 heavy (non-hydrogen) atoms. The maximum absolute atomic E-state index is 12.4. The molecule has 1 amide bonds. The zero-order valence-corrected chi connectivity index (χ0v) is 18.0. The second kappa shape index (κ2) is 9.77. The Morgan fingerprint density at radius 3 is 2.42 bits per heavy atom. The van der Waals surface area contributed by atoms with E-state index in [1.165, 1.54) is 5.56 Å². The van der Waals surface area contributed by atoms with Crippen LogP contribution in [0.4, 0.5) is 11.4 Å². The molecule has 0 bridgehead atoms. The number of rotatable bonds is 7. The number of carbonyl (C=O) groups excluding carboxylic acids is 1. The highest BCUT2D eigenvalue weighted by atomic mass is 16.1. The monoisotopic (exact) mass is 414 g/mol. The fourth-order valence-corrected chi connectivity index (χ4v) is 3.63. The van der Waals surface area contributed by atoms with Crippen molar-refractivity contribution < 1.29 is 4.79 Å². The van der Waals surface area contributed by atoms with Gasteiger partial charge in [-0.2, -0.15) is 5.26 Å². The molecule has 3 rings (SSSR count). The molecule has 3 aromatic rings. The average molecular weight is 415 g/mol. The minimum absolute atomic E-state index is 0.108. The quantitative estimate of drug-likeness (QED) is 0.610. The SMILES string of the molecule is Cc1[nH]c(=O)c(C#N)c(C)c1CCC(=O)Nc1ccc(N(C)Cc2ccccc2)cc1. The van der Waals surface area contributed by atoms with Crippen molar-refractivity contribution in [1.82, 2.24) is 4.98 Å². The van der Waals surface area contributed by atoms with E-state index in [2.05, 4.69) is 27.3 Å². The van der Waals surface area contributed by atoms with Gasteiger partial charge in [0.15, 0.2) is 0 Å². The zero-order chi connectivity index (χ0) is 22.4. The molecule has 0 radical (unpaired) electrons. The molecule has 2 aromatic carbocycles. The molecule has 6 nitrogen and oxygen atoms in total. The number of hydrogen-bond donors (Lipinski definition) is 2. The number of nitrogens with zero attached hydrogens (tertiary/aromatic N) is 2. The van der Waals surface area contributed by atoms with Crippen LogP contribution in [0.2, 0.25) is 0 Å². The number of aryl methyl sites for hydroxylation is 1. The third kappa shape index (κ3) is 5.40. The summed E-state index contributed by atoms with van der Waals surface area (Å²) in [5.41, 5.74) is 4.92. The van der Waals surface area contributed by atoms with Gasteiger partial charge in [-0.25, -0.2) is 0 Å². The summed E-state index contributed by atoms with van der Waals surface area (Å²) in [6.45, 7) is 4.33. The first-order chi connectivity index (χ1) is 14.9. The second-order valence-electron chi connectivity index (χ2n) is 7.61. The lowest BCUT2D eigenvalue weighted by atomic mass is 9.99. The number of hydrogen-bond acceptors (Lipinski definition) is 4. The summed E-state index contributed by atoms with van der Waals surface area (Å²) >= 11 is 0. The van der Waals surface area contributed by atoms with E-state index in [1.54, 1.807) is 13.8 Å². The normalized spacial score (nSPS) is 10.4. The van der Waals surface area contributed by atoms with Crippen LogP contribution >= 0.6 is 0 Å². The molecule has 0 fully saturated rings. The highest BCUT2D eigenvalue weighted by molar-refractivity contribution is 5.91. The maximum atomic E-state index is 12.4. The van der Waals surface area contributed by atoms with E-state index in [0.717, 1.165) is 23.5 Å². The first kappa shape index (κ1) is 21.8. The van der Waals surface area contributed by atoms with Crippen LogP contribution in [-0.4, -0.2) is 17.9 Å². The molecule has 0 aliphatic heterocycles. The van der Waals surface area contributed by atoms with E-state index in [1.807, 2.05) is 55.6 Å². The Labute approximate surface area is 182 Å². The zero-order valence-electron chi connectivity index (χ0n) is 18.0. The van der Waals surface area contributed by atoms with Crippen molar-refractivity contribution >= 4 is 17.3 Å². The Balaban J connectivity index is 1.59. The van der Waals surface area contributed by atoms with Crippen LogP contribution in [0.15, 0.2) is 59.4 Å². The van der Waals surface area contributed by atoms with Gasteiger partial charge < -0.3 is 15.2 Å². The van der Waals surface area contributed by atoms with Gasteiger partial charge in [0.05, 0.1) is 0 Å². The average Bonchev–Trinajstić information content (AvgIpc) is 2.75. The molecule has 0 saturated carbocycles. The smallest absolute Gasteiger partial charge is 0.266 e. The van der Waals surface area contributed by atoms with E-state index in [0.29, 0.717) is 17.7 Å². The van der Waals surface area contributed by atoms with Crippen molar-refractivity contribution in [3.8, 4) is 6.07 Å². The summed E-state index contributed by atoms with van der Waals surface area (Å²) in [6, 6.07) is 19.9. The molecule has 2 N–H and O–H groups in total. The lowest BCUT2D eigenvalue weighted by Crippen LogP contribution is -2.18. The van der Waals surface area contributed by atoms with Crippen LogP contribution in [0, 0.1) is 25.2 Å². The van der Waals surface area contributed by atoms with E-state index in [4.69, 9.17) is 0 Å². The number of H-pyrrole nitrogens is 1. The molecule has 6 heteroatoms. The van der Waals surface area contributed by atoms with E-state index in [-0.39, 0.29) is 23.5 Å². The summed E-state index contributed by atoms with van der Waals surface area (Å²) in [5, 5.41) is 12.1. The van der Waals surface area contributed by atoms with Crippen LogP contribution in [0.1, 0.15) is 34.4 Å². The number of nitriles is 1. The van der Waals surface area contributed by atoms with Gasteiger partial charge in [0.25, 0.3) is 5.56 Å². The molecule has 0 spiro atoms. The Kier molecular flexibility index (Phi) is 6.88. The largest absolute Gasteiger partial charge is 0.370 e. The molecule has 0 unspecified atom stereocenters. The van der Waals surface area contributed by atoms with E-state index >= 15 is 0 Å². The molecule has 0 atom stereocenters. The molecule has 0 aliphatic rings. The lowest BCUT2D eigenvalue weighted by Gasteiger charge is -2.20. The molecular weight excluding hydrogens is 388 g/mol. The summed E-state index contributed by atoms with van der Waals surface area (Å²) < 4.78 is 0. The van der Waals surface area contributed by atoms with Gasteiger partial charge >= 0.3 is 0 Å². The third-order valence-electron chi connectivity index (χ3n) is 5.38. The molecular formula is C25H26N4O2. The molecule has 1 aromatic heterocycles. The topological polar surface area (TPSA) is 89.0 Å². The first-order valence-electron chi connectivity index (χ1n) is 10.2. The molecule has 0 aliphatic carbocycles. The number of carbonyl (C=O) groups is 1. The predicted molar refractivity (Wildman–Crippen MR) is 123 cm³/mol. The maximum Gasteiger partial charge on any atom is 0.266 e. The summed E-state index contributed by atoms with van der Waals surface area (Å²) in [6.07, 6.45) is 0.709. The number of anilines is 2. The molecule has 1 heterocycles. The van der Waals surface area contributed by atoms with Crippen molar-refractivity contribution in [3.05, 3.63) is 92.9 Å². The van der Waals surface area contributed by atoms with Gasteiger partial charge in [0.1, 0.15) is 11.6 Å². The number of benzene rings is 2. The summed E-state index contributed by atoms with van der Waals surface area (Å²) in [4.78, 5) is 29.1. The van der Waals surface area contributed by atoms with Gasteiger partial charge in [-0.1, -0.05) is 30.3 Å². The summed E-state index contributed by atoms with van der Waals surface area (Å²) in [7, 11) is 2.03. The minimum Gasteiger partial charge on any atom is -0.370 e. The van der Waals surface area contributed by atoms with Gasteiger partial charge in [-0.15, -0.1) is 0 Å². The predicted octanol–water partition coefficient (Wildman–Crippen LogP) is 4.07. The van der Waals surface area contributed by atoms with Crippen molar-refractivity contribution in [2.75, 3.05) is 17.3 Å². The van der Waals surface area contributed by atoms with Crippen molar-refractivity contribution in [2.45, 2.75) is 33.2 Å².